The van der Waals surface area contributed by atoms with Crippen LogP contribution in [0.3, 0.4) is 0 Å². The number of alkyl halides is 2. The third-order valence-corrected chi connectivity index (χ3v) is 10.8. The SMILES string of the molecule is COc1ccc(CN(c2nn(CC(F)F)c3c(-n4c(C(Cc5cc(F)cc(F)c5)NC(=O)O)nc5nc(OCc6ccccc6)ccc5c4=O)ccc(Cl)c23)S(C)(=O)=O)cc1. The van der Waals surface area contributed by atoms with Gasteiger partial charge in [0.2, 0.25) is 15.9 Å². The molecule has 3 heterocycles. The van der Waals surface area contributed by atoms with Crippen molar-refractivity contribution in [3.8, 4) is 17.3 Å². The first-order valence-electron chi connectivity index (χ1n) is 18.2. The zero-order valence-electron chi connectivity index (χ0n) is 32.1. The van der Waals surface area contributed by atoms with Gasteiger partial charge in [-0.2, -0.15) is 10.1 Å². The van der Waals surface area contributed by atoms with E-state index in [2.05, 4.69) is 20.4 Å². The molecule has 2 N–H and O–H groups in total. The fraction of sp³-hybridized carbons (Fsp3) is 0.195. The summed E-state index contributed by atoms with van der Waals surface area (Å²) < 4.78 is 98.4. The van der Waals surface area contributed by atoms with Gasteiger partial charge in [-0.15, -0.1) is 0 Å². The van der Waals surface area contributed by atoms with Crippen molar-refractivity contribution >= 4 is 55.5 Å². The highest BCUT2D eigenvalue weighted by Gasteiger charge is 2.31. The van der Waals surface area contributed by atoms with Crippen LogP contribution < -0.4 is 24.7 Å². The molecule has 20 heteroatoms. The van der Waals surface area contributed by atoms with Crippen LogP contribution >= 0.6 is 11.6 Å². The molecule has 3 aromatic heterocycles. The molecule has 0 fully saturated rings. The Hall–Kier alpha value is -6.73. The van der Waals surface area contributed by atoms with Crippen LogP contribution in [0.15, 0.2) is 102 Å². The van der Waals surface area contributed by atoms with Gasteiger partial charge < -0.3 is 19.9 Å². The van der Waals surface area contributed by atoms with Crippen molar-refractivity contribution in [3.05, 3.63) is 147 Å². The Balaban J connectivity index is 1.49. The highest BCUT2D eigenvalue weighted by atomic mass is 35.5. The molecule has 1 unspecified atom stereocenters. The number of fused-ring (bicyclic) bond motifs is 2. The van der Waals surface area contributed by atoms with Gasteiger partial charge in [0.15, 0.2) is 11.5 Å². The number of benzene rings is 4. The summed E-state index contributed by atoms with van der Waals surface area (Å²) in [4.78, 5) is 36.3. The number of anilines is 1. The van der Waals surface area contributed by atoms with Gasteiger partial charge in [-0.3, -0.25) is 14.0 Å². The zero-order chi connectivity index (χ0) is 43.6. The number of methoxy groups -OCH3 is 1. The van der Waals surface area contributed by atoms with Crippen molar-refractivity contribution in [2.45, 2.75) is 38.6 Å². The van der Waals surface area contributed by atoms with E-state index in [0.717, 1.165) is 37.5 Å². The maximum Gasteiger partial charge on any atom is 0.405 e. The molecule has 316 valence electrons. The number of hydrogen-bond donors (Lipinski definition) is 2. The fourth-order valence-corrected chi connectivity index (χ4v) is 7.84. The summed E-state index contributed by atoms with van der Waals surface area (Å²) in [5, 5.41) is 16.2. The van der Waals surface area contributed by atoms with E-state index in [1.807, 2.05) is 30.3 Å². The molecule has 0 aliphatic carbocycles. The van der Waals surface area contributed by atoms with Crippen molar-refractivity contribution in [3.63, 3.8) is 0 Å². The van der Waals surface area contributed by atoms with Crippen LogP contribution in [-0.4, -0.2) is 63.7 Å². The smallest absolute Gasteiger partial charge is 0.405 e. The summed E-state index contributed by atoms with van der Waals surface area (Å²) in [6.07, 6.45) is -4.27. The molecule has 1 atom stereocenters. The maximum atomic E-state index is 14.9. The predicted molar refractivity (Wildman–Crippen MR) is 218 cm³/mol. The molecule has 0 bridgehead atoms. The summed E-state index contributed by atoms with van der Waals surface area (Å²) in [6.45, 7) is -1.36. The van der Waals surface area contributed by atoms with Gasteiger partial charge in [0.05, 0.1) is 53.0 Å². The van der Waals surface area contributed by atoms with Gasteiger partial charge in [-0.25, -0.2) is 40.1 Å². The van der Waals surface area contributed by atoms with Crippen LogP contribution in [0.4, 0.5) is 28.2 Å². The minimum absolute atomic E-state index is 0.0353. The number of pyridine rings is 1. The van der Waals surface area contributed by atoms with Crippen molar-refractivity contribution < 1.29 is 45.4 Å². The third-order valence-electron chi connectivity index (χ3n) is 9.41. The summed E-state index contributed by atoms with van der Waals surface area (Å²) in [7, 11) is -2.77. The van der Waals surface area contributed by atoms with Crippen LogP contribution in [0.25, 0.3) is 27.6 Å². The maximum absolute atomic E-state index is 14.9. The molecule has 14 nitrogen and oxygen atoms in total. The van der Waals surface area contributed by atoms with E-state index < -0.39 is 64.6 Å². The van der Waals surface area contributed by atoms with Gasteiger partial charge in [0.25, 0.3) is 12.0 Å². The molecule has 4 aromatic carbocycles. The molecule has 1 amide bonds. The molecule has 7 rings (SSSR count). The number of carboxylic acid groups (broad SMARTS) is 1. The lowest BCUT2D eigenvalue weighted by atomic mass is 10.0. The topological polar surface area (TPSA) is 171 Å². The Kier molecular flexibility index (Phi) is 12.1. The average molecular weight is 880 g/mol. The first kappa shape index (κ1) is 42.4. The Bertz CT molecular complexity index is 2920. The monoisotopic (exact) mass is 879 g/mol. The van der Waals surface area contributed by atoms with Crippen LogP contribution in [-0.2, 0) is 36.1 Å². The number of amides is 1. The minimum atomic E-state index is -4.23. The Morgan fingerprint density at radius 1 is 0.934 bits per heavy atom. The lowest BCUT2D eigenvalue weighted by Crippen LogP contribution is -2.35. The van der Waals surface area contributed by atoms with E-state index in [0.29, 0.717) is 17.4 Å². The highest BCUT2D eigenvalue weighted by Crippen LogP contribution is 2.39. The number of nitrogens with one attached hydrogen (secondary N) is 1. The van der Waals surface area contributed by atoms with Crippen LogP contribution in [0, 0.1) is 11.6 Å². The first-order chi connectivity index (χ1) is 29.1. The molecule has 0 spiro atoms. The second-order valence-corrected chi connectivity index (χ2v) is 16.0. The normalized spacial score (nSPS) is 12.2. The zero-order valence-corrected chi connectivity index (χ0v) is 33.7. The van der Waals surface area contributed by atoms with E-state index in [-0.39, 0.29) is 63.1 Å². The van der Waals surface area contributed by atoms with Crippen molar-refractivity contribution in [1.82, 2.24) is 29.6 Å². The summed E-state index contributed by atoms with van der Waals surface area (Å²) >= 11 is 6.78. The van der Waals surface area contributed by atoms with E-state index in [9.17, 15) is 40.7 Å². The number of halogens is 5. The van der Waals surface area contributed by atoms with Crippen LogP contribution in [0.1, 0.15) is 28.6 Å². The summed E-state index contributed by atoms with van der Waals surface area (Å²) in [5.74, 6) is -2.17. The Morgan fingerprint density at radius 2 is 1.64 bits per heavy atom. The largest absolute Gasteiger partial charge is 0.497 e. The van der Waals surface area contributed by atoms with Gasteiger partial charge in [0.1, 0.15) is 36.4 Å². The summed E-state index contributed by atoms with van der Waals surface area (Å²) in [6, 6.07) is 21.8. The van der Waals surface area contributed by atoms with E-state index in [1.165, 1.54) is 31.4 Å². The number of aromatic nitrogens is 5. The molecule has 0 radical (unpaired) electrons. The Morgan fingerprint density at radius 3 is 2.28 bits per heavy atom. The van der Waals surface area contributed by atoms with E-state index >= 15 is 0 Å². The standard InChI is InChI=1S/C41H34ClF4N7O7S/c1-59-28-10-8-23(9-11-28)20-52(61(2,57)58)39-35-30(42)13-14-32(36(35)51(50-39)21-33(45)46)53-38(31(47-41(55)56)18-25-16-26(43)19-27(44)17-25)49-37-29(40(53)54)12-15-34(48-37)60-22-24-6-4-3-5-7-24/h3-17,19,31,33,47H,18,20-22H2,1-2H3,(H,55,56). The molecule has 0 aliphatic rings. The molecular weight excluding hydrogens is 846 g/mol. The first-order valence-corrected chi connectivity index (χ1v) is 20.4. The predicted octanol–water partition coefficient (Wildman–Crippen LogP) is 7.43. The molecular formula is C41H34ClF4N7O7S. The van der Waals surface area contributed by atoms with E-state index in [1.54, 1.807) is 24.3 Å². The third kappa shape index (κ3) is 9.37. The molecule has 0 saturated heterocycles. The molecule has 61 heavy (non-hydrogen) atoms. The fourth-order valence-electron chi connectivity index (χ4n) is 6.77. The van der Waals surface area contributed by atoms with Gasteiger partial charge in [0, 0.05) is 18.6 Å². The molecule has 0 aliphatic heterocycles. The highest BCUT2D eigenvalue weighted by molar-refractivity contribution is 7.92. The van der Waals surface area contributed by atoms with Gasteiger partial charge >= 0.3 is 6.09 Å². The number of rotatable bonds is 15. The van der Waals surface area contributed by atoms with Gasteiger partial charge in [-0.05, 0) is 59.2 Å². The Labute approximate surface area is 349 Å². The number of nitrogens with zero attached hydrogens (tertiary/aromatic N) is 6. The lowest BCUT2D eigenvalue weighted by molar-refractivity contribution is 0.123. The number of ether oxygens (including phenoxy) is 2. The van der Waals surface area contributed by atoms with Crippen LogP contribution in [0.2, 0.25) is 5.02 Å². The quantitative estimate of drug-likeness (QED) is 0.0988. The summed E-state index contributed by atoms with van der Waals surface area (Å²) in [5.41, 5.74) is -0.374. The van der Waals surface area contributed by atoms with Crippen molar-refractivity contribution in [2.24, 2.45) is 0 Å². The lowest BCUT2D eigenvalue weighted by Gasteiger charge is -2.23. The number of carbonyl (C=O) groups is 1. The van der Waals surface area contributed by atoms with Crippen molar-refractivity contribution in [1.29, 1.82) is 0 Å². The van der Waals surface area contributed by atoms with Gasteiger partial charge in [-0.1, -0.05) is 54.1 Å². The second kappa shape index (κ2) is 17.5. The molecule has 7 aromatic rings. The average Bonchev–Trinajstić information content (AvgIpc) is 3.57. The number of hydrogen-bond acceptors (Lipinski definition) is 9. The van der Waals surface area contributed by atoms with E-state index in [4.69, 9.17) is 21.1 Å². The van der Waals surface area contributed by atoms with Crippen LogP contribution in [0.5, 0.6) is 11.6 Å². The second-order valence-electron chi connectivity index (χ2n) is 13.7. The minimum Gasteiger partial charge on any atom is -0.497 e. The van der Waals surface area contributed by atoms with Crippen molar-refractivity contribution in [2.75, 3.05) is 17.7 Å². The molecule has 0 saturated carbocycles. The number of sulfonamides is 1.